The number of carbonyl (C=O) groups is 3. The number of hydrogen-bond acceptors (Lipinski definition) is 8. The molecule has 170 valence electrons. The van der Waals surface area contributed by atoms with Gasteiger partial charge in [0, 0.05) is 5.69 Å². The van der Waals surface area contributed by atoms with Gasteiger partial charge in [-0.3, -0.25) is 19.7 Å². The molecule has 2 amide bonds. The highest BCUT2D eigenvalue weighted by Gasteiger charge is 2.19. The number of nitro benzene ring substituents is 1. The van der Waals surface area contributed by atoms with Gasteiger partial charge in [0.2, 0.25) is 0 Å². The van der Waals surface area contributed by atoms with Crippen LogP contribution in [0.25, 0.3) is 0 Å². The van der Waals surface area contributed by atoms with Crippen LogP contribution in [-0.4, -0.2) is 35.9 Å². The molecule has 2 N–H and O–H groups in total. The van der Waals surface area contributed by atoms with Crippen molar-refractivity contribution in [2.45, 2.75) is 6.92 Å². The Morgan fingerprint density at radius 1 is 1.06 bits per heavy atom. The van der Waals surface area contributed by atoms with Gasteiger partial charge in [0.05, 0.1) is 28.0 Å². The Labute approximate surface area is 192 Å². The second kappa shape index (κ2) is 10.9. The Hall–Kier alpha value is -4.25. The van der Waals surface area contributed by atoms with Gasteiger partial charge in [-0.2, -0.15) is 0 Å². The number of nitrogens with one attached hydrogen (secondary N) is 2. The summed E-state index contributed by atoms with van der Waals surface area (Å²) >= 11 is 1.28. The number of carbonyl (C=O) groups excluding carboxylic acids is 3. The smallest absolute Gasteiger partial charge is 0.338 e. The van der Waals surface area contributed by atoms with E-state index in [4.69, 9.17) is 9.47 Å². The van der Waals surface area contributed by atoms with E-state index in [1.807, 2.05) is 0 Å². The normalized spacial score (nSPS) is 10.2. The zero-order valence-electron chi connectivity index (χ0n) is 17.4. The highest BCUT2D eigenvalue weighted by Crippen LogP contribution is 2.29. The van der Waals surface area contributed by atoms with Crippen LogP contribution in [0.15, 0.2) is 60.0 Å². The number of benzene rings is 2. The molecule has 10 nitrogen and oxygen atoms in total. The predicted octanol–water partition coefficient (Wildman–Crippen LogP) is 4.10. The van der Waals surface area contributed by atoms with E-state index in [0.717, 1.165) is 0 Å². The third-order valence-electron chi connectivity index (χ3n) is 4.19. The molecule has 0 aliphatic rings. The molecule has 3 rings (SSSR count). The third-order valence-corrected chi connectivity index (χ3v) is 5.06. The third kappa shape index (κ3) is 6.37. The predicted molar refractivity (Wildman–Crippen MR) is 122 cm³/mol. The van der Waals surface area contributed by atoms with Crippen molar-refractivity contribution in [3.63, 3.8) is 0 Å². The van der Waals surface area contributed by atoms with Crippen LogP contribution in [0.1, 0.15) is 27.0 Å². The minimum atomic E-state index is -0.793. The van der Waals surface area contributed by atoms with Gasteiger partial charge >= 0.3 is 5.97 Å². The second-order valence-electron chi connectivity index (χ2n) is 6.51. The number of amides is 2. The van der Waals surface area contributed by atoms with Crippen LogP contribution in [0.2, 0.25) is 0 Å². The molecule has 0 aliphatic carbocycles. The van der Waals surface area contributed by atoms with Gasteiger partial charge in [0.25, 0.3) is 17.5 Å². The number of thiophene rings is 1. The van der Waals surface area contributed by atoms with E-state index in [1.54, 1.807) is 36.6 Å². The zero-order chi connectivity index (χ0) is 23.8. The summed E-state index contributed by atoms with van der Waals surface area (Å²) in [5.74, 6) is -1.57. The van der Waals surface area contributed by atoms with Gasteiger partial charge in [-0.05, 0) is 48.7 Å². The van der Waals surface area contributed by atoms with Crippen LogP contribution < -0.4 is 15.4 Å². The molecule has 1 heterocycles. The monoisotopic (exact) mass is 469 g/mol. The summed E-state index contributed by atoms with van der Waals surface area (Å²) in [4.78, 5) is 47.8. The summed E-state index contributed by atoms with van der Waals surface area (Å²) in [6.45, 7) is 1.41. The highest BCUT2D eigenvalue weighted by molar-refractivity contribution is 7.12. The largest absolute Gasteiger partial charge is 0.494 e. The molecule has 33 heavy (non-hydrogen) atoms. The maximum Gasteiger partial charge on any atom is 0.338 e. The van der Waals surface area contributed by atoms with E-state index in [-0.39, 0.29) is 22.8 Å². The molecule has 0 atom stereocenters. The lowest BCUT2D eigenvalue weighted by Crippen LogP contribution is -2.21. The van der Waals surface area contributed by atoms with Crippen LogP contribution in [0.5, 0.6) is 5.75 Å². The molecule has 0 radical (unpaired) electrons. The molecule has 2 aromatic carbocycles. The number of anilines is 2. The highest BCUT2D eigenvalue weighted by atomic mass is 32.1. The number of esters is 1. The van der Waals surface area contributed by atoms with Gasteiger partial charge in [0.15, 0.2) is 6.61 Å². The molecule has 0 spiro atoms. The van der Waals surface area contributed by atoms with E-state index in [2.05, 4.69) is 10.6 Å². The van der Waals surface area contributed by atoms with Gasteiger partial charge in [-0.25, -0.2) is 4.79 Å². The maximum atomic E-state index is 12.3. The van der Waals surface area contributed by atoms with Crippen LogP contribution in [-0.2, 0) is 9.53 Å². The Bertz CT molecular complexity index is 1180. The first kappa shape index (κ1) is 23.4. The fourth-order valence-electron chi connectivity index (χ4n) is 2.75. The fourth-order valence-corrected chi connectivity index (χ4v) is 3.37. The molecular formula is C22H19N3O7S. The van der Waals surface area contributed by atoms with Crippen LogP contribution in [0.3, 0.4) is 0 Å². The first-order chi connectivity index (χ1) is 15.9. The molecule has 0 aliphatic heterocycles. The van der Waals surface area contributed by atoms with E-state index >= 15 is 0 Å². The van der Waals surface area contributed by atoms with Crippen molar-refractivity contribution in [2.24, 2.45) is 0 Å². The minimum Gasteiger partial charge on any atom is -0.494 e. The first-order valence-corrected chi connectivity index (χ1v) is 10.6. The molecule has 11 heteroatoms. The Kier molecular flexibility index (Phi) is 7.71. The van der Waals surface area contributed by atoms with E-state index in [1.165, 1.54) is 41.7 Å². The summed E-state index contributed by atoms with van der Waals surface area (Å²) in [7, 11) is 0. The van der Waals surface area contributed by atoms with Crippen molar-refractivity contribution in [1.29, 1.82) is 0 Å². The standard InChI is InChI=1S/C22H19N3O7S/c1-2-31-16-8-9-17(18(12-16)25(29)30)24-20(26)13-32-22(28)14-5-3-6-15(11-14)23-21(27)19-7-4-10-33-19/h3-12H,2,13H2,1H3,(H,23,27)(H,24,26). The van der Waals surface area contributed by atoms with Gasteiger partial charge in [-0.15, -0.1) is 11.3 Å². The maximum absolute atomic E-state index is 12.3. The zero-order valence-corrected chi connectivity index (χ0v) is 18.2. The molecule has 1 aromatic heterocycles. The number of nitrogens with zero attached hydrogens (tertiary/aromatic N) is 1. The van der Waals surface area contributed by atoms with E-state index in [9.17, 15) is 24.5 Å². The summed E-state index contributed by atoms with van der Waals surface area (Å²) < 4.78 is 10.2. The van der Waals surface area contributed by atoms with Crippen molar-refractivity contribution in [3.8, 4) is 5.75 Å². The van der Waals surface area contributed by atoms with Gasteiger partial charge in [-0.1, -0.05) is 12.1 Å². The van der Waals surface area contributed by atoms with Crippen LogP contribution in [0.4, 0.5) is 17.1 Å². The molecule has 0 unspecified atom stereocenters. The van der Waals surface area contributed by atoms with Crippen molar-refractivity contribution >= 4 is 46.2 Å². The van der Waals surface area contributed by atoms with Crippen LogP contribution in [0, 0.1) is 10.1 Å². The topological polar surface area (TPSA) is 137 Å². The second-order valence-corrected chi connectivity index (χ2v) is 7.45. The van der Waals surface area contributed by atoms with Crippen LogP contribution >= 0.6 is 11.3 Å². The van der Waals surface area contributed by atoms with Crippen molar-refractivity contribution in [1.82, 2.24) is 0 Å². The Morgan fingerprint density at radius 3 is 2.58 bits per heavy atom. The van der Waals surface area contributed by atoms with Gasteiger partial charge in [0.1, 0.15) is 11.4 Å². The Balaban J connectivity index is 1.59. The van der Waals surface area contributed by atoms with E-state index < -0.39 is 23.4 Å². The number of ether oxygens (including phenoxy) is 2. The lowest BCUT2D eigenvalue weighted by molar-refractivity contribution is -0.384. The summed E-state index contributed by atoms with van der Waals surface area (Å²) in [6, 6.07) is 13.5. The number of nitro groups is 1. The minimum absolute atomic E-state index is 0.0530. The molecule has 0 saturated heterocycles. The summed E-state index contributed by atoms with van der Waals surface area (Å²) in [6.07, 6.45) is 0. The fraction of sp³-hybridized carbons (Fsp3) is 0.136. The first-order valence-electron chi connectivity index (χ1n) is 9.70. The molecular weight excluding hydrogens is 450 g/mol. The van der Waals surface area contributed by atoms with Gasteiger partial charge < -0.3 is 20.1 Å². The molecule has 0 saturated carbocycles. The average Bonchev–Trinajstić information content (AvgIpc) is 3.34. The molecule has 0 bridgehead atoms. The number of rotatable bonds is 9. The quantitative estimate of drug-likeness (QED) is 0.273. The average molecular weight is 469 g/mol. The van der Waals surface area contributed by atoms with E-state index in [0.29, 0.717) is 22.9 Å². The van der Waals surface area contributed by atoms with Crippen molar-refractivity contribution in [2.75, 3.05) is 23.8 Å². The SMILES string of the molecule is CCOc1ccc(NC(=O)COC(=O)c2cccc(NC(=O)c3cccs3)c2)c([N+](=O)[O-])c1. The number of hydrogen-bond donors (Lipinski definition) is 2. The molecule has 3 aromatic rings. The summed E-state index contributed by atoms with van der Waals surface area (Å²) in [5.41, 5.74) is 0.105. The lowest BCUT2D eigenvalue weighted by atomic mass is 10.2. The van der Waals surface area contributed by atoms with Crippen molar-refractivity contribution < 1.29 is 28.8 Å². The van der Waals surface area contributed by atoms with Crippen molar-refractivity contribution in [3.05, 3.63) is 80.5 Å². The summed E-state index contributed by atoms with van der Waals surface area (Å²) in [5, 5.41) is 18.1. The molecule has 0 fully saturated rings. The Morgan fingerprint density at radius 2 is 1.88 bits per heavy atom. The lowest BCUT2D eigenvalue weighted by Gasteiger charge is -2.09.